The van der Waals surface area contributed by atoms with Crippen LogP contribution in [-0.4, -0.2) is 46.5 Å². The molecule has 26 heavy (non-hydrogen) atoms. The molecule has 0 saturated carbocycles. The lowest BCUT2D eigenvalue weighted by Gasteiger charge is -2.14. The number of hydrogen-bond acceptors (Lipinski definition) is 6. The van der Waals surface area contributed by atoms with E-state index in [0.717, 1.165) is 67.6 Å². The molecule has 4 heterocycles. The molecule has 1 N–H and O–H groups in total. The fourth-order valence-electron chi connectivity index (χ4n) is 3.25. The third-order valence-corrected chi connectivity index (χ3v) is 4.75. The van der Waals surface area contributed by atoms with Gasteiger partial charge in [-0.05, 0) is 37.7 Å². The minimum absolute atomic E-state index is 0.760. The summed E-state index contributed by atoms with van der Waals surface area (Å²) in [6.45, 7) is 2.83. The summed E-state index contributed by atoms with van der Waals surface area (Å²) in [7, 11) is 2.16. The van der Waals surface area contributed by atoms with Gasteiger partial charge in [0.05, 0.1) is 12.0 Å². The Balaban J connectivity index is 1.63. The van der Waals surface area contributed by atoms with Gasteiger partial charge in [0.25, 0.3) is 0 Å². The van der Waals surface area contributed by atoms with Crippen LogP contribution in [-0.2, 0) is 19.3 Å². The molecule has 3 aromatic heterocycles. The Morgan fingerprint density at radius 3 is 2.77 bits per heavy atom. The zero-order valence-electron chi connectivity index (χ0n) is 15.0. The Morgan fingerprint density at radius 2 is 1.96 bits per heavy atom. The summed E-state index contributed by atoms with van der Waals surface area (Å²) >= 11 is 0. The van der Waals surface area contributed by atoms with Crippen molar-refractivity contribution in [3.8, 4) is 11.4 Å². The molecule has 1 aliphatic heterocycles. The molecule has 0 spiro atoms. The summed E-state index contributed by atoms with van der Waals surface area (Å²) in [5.74, 6) is 2.69. The normalized spacial score (nSPS) is 14.7. The fraction of sp³-hybridized carbons (Fsp3) is 0.350. The highest BCUT2D eigenvalue weighted by molar-refractivity contribution is 5.59. The largest absolute Gasteiger partial charge is 0.469 e. The van der Waals surface area contributed by atoms with E-state index >= 15 is 0 Å². The molecule has 4 rings (SSSR count). The highest BCUT2D eigenvalue weighted by atomic mass is 16.3. The van der Waals surface area contributed by atoms with Crippen molar-refractivity contribution in [1.82, 2.24) is 19.9 Å². The van der Waals surface area contributed by atoms with E-state index in [9.17, 15) is 0 Å². The minimum Gasteiger partial charge on any atom is -0.469 e. The van der Waals surface area contributed by atoms with Crippen molar-refractivity contribution in [3.05, 3.63) is 59.9 Å². The highest BCUT2D eigenvalue weighted by Crippen LogP contribution is 2.25. The molecule has 0 atom stereocenters. The first-order valence-corrected chi connectivity index (χ1v) is 9.04. The number of anilines is 1. The number of nitrogens with zero attached hydrogens (tertiary/aromatic N) is 4. The molecule has 134 valence electrons. The predicted octanol–water partition coefficient (Wildman–Crippen LogP) is 2.82. The smallest absolute Gasteiger partial charge is 0.161 e. The van der Waals surface area contributed by atoms with E-state index in [1.54, 1.807) is 18.7 Å². The van der Waals surface area contributed by atoms with E-state index in [2.05, 4.69) is 22.2 Å². The van der Waals surface area contributed by atoms with Crippen LogP contribution in [0.3, 0.4) is 0 Å². The Labute approximate surface area is 153 Å². The molecule has 0 aliphatic carbocycles. The molecule has 0 aromatic carbocycles. The van der Waals surface area contributed by atoms with Gasteiger partial charge in [0.2, 0.25) is 0 Å². The predicted molar refractivity (Wildman–Crippen MR) is 101 cm³/mol. The van der Waals surface area contributed by atoms with Gasteiger partial charge in [-0.3, -0.25) is 4.98 Å². The van der Waals surface area contributed by atoms with Crippen LogP contribution in [0, 0.1) is 0 Å². The van der Waals surface area contributed by atoms with Gasteiger partial charge in [-0.15, -0.1) is 0 Å². The third kappa shape index (κ3) is 3.75. The van der Waals surface area contributed by atoms with Crippen LogP contribution in [0.1, 0.15) is 17.0 Å². The van der Waals surface area contributed by atoms with Crippen molar-refractivity contribution in [2.24, 2.45) is 0 Å². The molecule has 6 heteroatoms. The standard InChI is InChI=1S/C20H23N5O/c1-25-12-7-17-18(8-13-25)23-19(15-4-9-21-10-5-15)24-20(17)22-11-6-16-3-2-14-26-16/h2-5,9-10,14H,6-8,11-13H2,1H3,(H,22,23,24). The van der Waals surface area contributed by atoms with E-state index in [0.29, 0.717) is 0 Å². The molecule has 0 unspecified atom stereocenters. The first-order chi connectivity index (χ1) is 12.8. The first kappa shape index (κ1) is 16.7. The van der Waals surface area contributed by atoms with E-state index in [-0.39, 0.29) is 0 Å². The summed E-state index contributed by atoms with van der Waals surface area (Å²) in [5, 5.41) is 3.52. The van der Waals surface area contributed by atoms with Gasteiger partial charge in [0, 0.05) is 56.0 Å². The van der Waals surface area contributed by atoms with E-state index in [1.807, 2.05) is 24.3 Å². The van der Waals surface area contributed by atoms with Crippen LogP contribution < -0.4 is 5.32 Å². The van der Waals surface area contributed by atoms with Crippen molar-refractivity contribution < 1.29 is 4.42 Å². The molecule has 6 nitrogen and oxygen atoms in total. The number of aromatic nitrogens is 3. The van der Waals surface area contributed by atoms with Gasteiger partial charge in [0.1, 0.15) is 11.6 Å². The maximum absolute atomic E-state index is 5.42. The van der Waals surface area contributed by atoms with Crippen molar-refractivity contribution >= 4 is 5.82 Å². The summed E-state index contributed by atoms with van der Waals surface area (Å²) in [6, 6.07) is 7.83. The van der Waals surface area contributed by atoms with Crippen molar-refractivity contribution in [2.75, 3.05) is 32.0 Å². The van der Waals surface area contributed by atoms with Crippen molar-refractivity contribution in [3.63, 3.8) is 0 Å². The van der Waals surface area contributed by atoms with Crippen LogP contribution in [0.2, 0.25) is 0 Å². The Hall–Kier alpha value is -2.73. The zero-order valence-corrected chi connectivity index (χ0v) is 15.0. The zero-order chi connectivity index (χ0) is 17.8. The van der Waals surface area contributed by atoms with Crippen molar-refractivity contribution in [2.45, 2.75) is 19.3 Å². The van der Waals surface area contributed by atoms with Crippen LogP contribution in [0.15, 0.2) is 47.3 Å². The third-order valence-electron chi connectivity index (χ3n) is 4.75. The second-order valence-electron chi connectivity index (χ2n) is 6.62. The maximum Gasteiger partial charge on any atom is 0.161 e. The van der Waals surface area contributed by atoms with E-state index in [4.69, 9.17) is 14.4 Å². The number of hydrogen-bond donors (Lipinski definition) is 1. The Kier molecular flexibility index (Phi) is 4.93. The molecular formula is C20H23N5O. The van der Waals surface area contributed by atoms with E-state index < -0.39 is 0 Å². The summed E-state index contributed by atoms with van der Waals surface area (Å²) in [4.78, 5) is 16.2. The Bertz CT molecular complexity index is 848. The Morgan fingerprint density at radius 1 is 1.12 bits per heavy atom. The van der Waals surface area contributed by atoms with Gasteiger partial charge in [-0.25, -0.2) is 9.97 Å². The summed E-state index contributed by atoms with van der Waals surface area (Å²) < 4.78 is 5.42. The minimum atomic E-state index is 0.760. The monoisotopic (exact) mass is 349 g/mol. The molecular weight excluding hydrogens is 326 g/mol. The van der Waals surface area contributed by atoms with Gasteiger partial charge in [-0.1, -0.05) is 0 Å². The van der Waals surface area contributed by atoms with Gasteiger partial charge in [-0.2, -0.15) is 0 Å². The molecule has 0 amide bonds. The summed E-state index contributed by atoms with van der Waals surface area (Å²) in [5.41, 5.74) is 3.39. The number of nitrogens with one attached hydrogen (secondary N) is 1. The summed E-state index contributed by atoms with van der Waals surface area (Å²) in [6.07, 6.45) is 8.01. The second kappa shape index (κ2) is 7.66. The molecule has 1 aliphatic rings. The van der Waals surface area contributed by atoms with Crippen molar-refractivity contribution in [1.29, 1.82) is 0 Å². The number of pyridine rings is 1. The number of furan rings is 1. The maximum atomic E-state index is 5.42. The van der Waals surface area contributed by atoms with Crippen LogP contribution >= 0.6 is 0 Å². The van der Waals surface area contributed by atoms with Crippen LogP contribution in [0.5, 0.6) is 0 Å². The van der Waals surface area contributed by atoms with Crippen LogP contribution in [0.25, 0.3) is 11.4 Å². The van der Waals surface area contributed by atoms with Gasteiger partial charge in [0.15, 0.2) is 5.82 Å². The lowest BCUT2D eigenvalue weighted by atomic mass is 10.1. The molecule has 0 radical (unpaired) electrons. The lowest BCUT2D eigenvalue weighted by molar-refractivity contribution is 0.352. The van der Waals surface area contributed by atoms with E-state index in [1.165, 1.54) is 5.56 Å². The highest BCUT2D eigenvalue weighted by Gasteiger charge is 2.19. The van der Waals surface area contributed by atoms with Crippen LogP contribution in [0.4, 0.5) is 5.82 Å². The average Bonchev–Trinajstić information content (AvgIpc) is 3.12. The first-order valence-electron chi connectivity index (χ1n) is 9.04. The molecule has 0 bridgehead atoms. The number of rotatable bonds is 5. The van der Waals surface area contributed by atoms with Gasteiger partial charge >= 0.3 is 0 Å². The molecule has 3 aromatic rings. The number of likely N-dealkylation sites (N-methyl/N-ethyl adjacent to an activating group) is 1. The molecule has 0 fully saturated rings. The average molecular weight is 349 g/mol. The number of fused-ring (bicyclic) bond motifs is 1. The SMILES string of the molecule is CN1CCc2nc(-c3ccncc3)nc(NCCc3ccco3)c2CC1. The van der Waals surface area contributed by atoms with Gasteiger partial charge < -0.3 is 14.6 Å². The molecule has 0 saturated heterocycles. The fourth-order valence-corrected chi connectivity index (χ4v) is 3.25. The quantitative estimate of drug-likeness (QED) is 0.764. The second-order valence-corrected chi connectivity index (χ2v) is 6.62. The topological polar surface area (TPSA) is 67.1 Å². The lowest BCUT2D eigenvalue weighted by Crippen LogP contribution is -2.20.